The lowest BCUT2D eigenvalue weighted by atomic mass is 10.2. The molecule has 0 aliphatic carbocycles. The van der Waals surface area contributed by atoms with E-state index in [2.05, 4.69) is 35.4 Å². The molecule has 0 radical (unpaired) electrons. The standard InChI is InChI=1S/C17H23N3O2/c1-20(2)12-13-8-9-18-16(10-13)19-11-14-6-5-7-15(21-3)17(14)22-4/h5-10H,11-12H2,1-4H3,(H,18,19). The summed E-state index contributed by atoms with van der Waals surface area (Å²) >= 11 is 0. The molecule has 0 aliphatic heterocycles. The van der Waals surface area contributed by atoms with Crippen LogP contribution in [0.2, 0.25) is 0 Å². The Kier molecular flexibility index (Phi) is 5.61. The van der Waals surface area contributed by atoms with Crippen LogP contribution in [0.1, 0.15) is 11.1 Å². The van der Waals surface area contributed by atoms with Crippen LogP contribution in [-0.2, 0) is 13.1 Å². The second-order valence-corrected chi connectivity index (χ2v) is 5.29. The highest BCUT2D eigenvalue weighted by atomic mass is 16.5. The minimum atomic E-state index is 0.624. The van der Waals surface area contributed by atoms with Crippen molar-refractivity contribution in [1.82, 2.24) is 9.88 Å². The highest BCUT2D eigenvalue weighted by Gasteiger charge is 2.09. The Labute approximate surface area is 131 Å². The predicted octanol–water partition coefficient (Wildman–Crippen LogP) is 2.77. The third-order valence-corrected chi connectivity index (χ3v) is 3.27. The molecule has 1 aromatic carbocycles. The lowest BCUT2D eigenvalue weighted by Gasteiger charge is -2.14. The highest BCUT2D eigenvalue weighted by molar-refractivity contribution is 5.48. The molecule has 1 N–H and O–H groups in total. The summed E-state index contributed by atoms with van der Waals surface area (Å²) in [6.07, 6.45) is 1.82. The van der Waals surface area contributed by atoms with Crippen molar-refractivity contribution in [2.45, 2.75) is 13.1 Å². The van der Waals surface area contributed by atoms with Gasteiger partial charge in [-0.05, 0) is 37.9 Å². The van der Waals surface area contributed by atoms with Gasteiger partial charge in [-0.25, -0.2) is 4.98 Å². The van der Waals surface area contributed by atoms with E-state index in [4.69, 9.17) is 9.47 Å². The first-order valence-corrected chi connectivity index (χ1v) is 7.17. The molecule has 0 bridgehead atoms. The number of methoxy groups -OCH3 is 2. The maximum atomic E-state index is 5.44. The van der Waals surface area contributed by atoms with E-state index in [-0.39, 0.29) is 0 Å². The maximum Gasteiger partial charge on any atom is 0.165 e. The maximum absolute atomic E-state index is 5.44. The van der Waals surface area contributed by atoms with Gasteiger partial charge in [-0.2, -0.15) is 0 Å². The normalized spacial score (nSPS) is 10.6. The van der Waals surface area contributed by atoms with Crippen molar-refractivity contribution in [3.63, 3.8) is 0 Å². The highest BCUT2D eigenvalue weighted by Crippen LogP contribution is 2.31. The van der Waals surface area contributed by atoms with Crippen molar-refractivity contribution >= 4 is 5.82 Å². The first-order valence-electron chi connectivity index (χ1n) is 7.17. The Bertz CT molecular complexity index is 615. The molecule has 2 rings (SSSR count). The number of hydrogen-bond donors (Lipinski definition) is 1. The number of ether oxygens (including phenoxy) is 2. The minimum Gasteiger partial charge on any atom is -0.493 e. The molecule has 2 aromatic rings. The molecule has 0 unspecified atom stereocenters. The molecule has 1 aromatic heterocycles. The Hall–Kier alpha value is -2.27. The van der Waals surface area contributed by atoms with Crippen molar-refractivity contribution in [1.29, 1.82) is 0 Å². The molecule has 0 atom stereocenters. The smallest absolute Gasteiger partial charge is 0.165 e. The summed E-state index contributed by atoms with van der Waals surface area (Å²) in [4.78, 5) is 6.49. The van der Waals surface area contributed by atoms with E-state index in [1.54, 1.807) is 14.2 Å². The number of benzene rings is 1. The monoisotopic (exact) mass is 301 g/mol. The third-order valence-electron chi connectivity index (χ3n) is 3.27. The van der Waals surface area contributed by atoms with E-state index in [0.717, 1.165) is 29.4 Å². The van der Waals surface area contributed by atoms with Gasteiger partial charge in [0.05, 0.1) is 14.2 Å². The second kappa shape index (κ2) is 7.66. The van der Waals surface area contributed by atoms with Gasteiger partial charge in [0, 0.05) is 24.8 Å². The van der Waals surface area contributed by atoms with Gasteiger partial charge in [-0.15, -0.1) is 0 Å². The van der Waals surface area contributed by atoms with E-state index >= 15 is 0 Å². The number of hydrogen-bond acceptors (Lipinski definition) is 5. The number of pyridine rings is 1. The Balaban J connectivity index is 2.10. The van der Waals surface area contributed by atoms with E-state index < -0.39 is 0 Å². The first kappa shape index (κ1) is 16.1. The fraction of sp³-hybridized carbons (Fsp3) is 0.353. The number of aromatic nitrogens is 1. The molecule has 5 heteroatoms. The average molecular weight is 301 g/mol. The number of para-hydroxylation sites is 1. The Morgan fingerprint density at radius 3 is 2.64 bits per heavy atom. The number of anilines is 1. The predicted molar refractivity (Wildman–Crippen MR) is 88.5 cm³/mol. The van der Waals surface area contributed by atoms with Gasteiger partial charge in [-0.1, -0.05) is 12.1 Å². The third kappa shape index (κ3) is 4.11. The van der Waals surface area contributed by atoms with Crippen LogP contribution in [0.5, 0.6) is 11.5 Å². The lowest BCUT2D eigenvalue weighted by Crippen LogP contribution is -2.11. The summed E-state index contributed by atoms with van der Waals surface area (Å²) < 4.78 is 10.8. The molecular weight excluding hydrogens is 278 g/mol. The van der Waals surface area contributed by atoms with Crippen LogP contribution in [0.25, 0.3) is 0 Å². The van der Waals surface area contributed by atoms with Crippen molar-refractivity contribution in [2.75, 3.05) is 33.6 Å². The molecule has 22 heavy (non-hydrogen) atoms. The van der Waals surface area contributed by atoms with Gasteiger partial charge in [0.25, 0.3) is 0 Å². The van der Waals surface area contributed by atoms with Gasteiger partial charge < -0.3 is 19.7 Å². The largest absolute Gasteiger partial charge is 0.493 e. The summed E-state index contributed by atoms with van der Waals surface area (Å²) in [5.74, 6) is 2.34. The summed E-state index contributed by atoms with van der Waals surface area (Å²) in [6.45, 7) is 1.51. The molecule has 118 valence electrons. The van der Waals surface area contributed by atoms with Crippen LogP contribution in [0, 0.1) is 0 Å². The van der Waals surface area contributed by atoms with Crippen molar-refractivity contribution in [3.8, 4) is 11.5 Å². The minimum absolute atomic E-state index is 0.624. The van der Waals surface area contributed by atoms with Gasteiger partial charge in [-0.3, -0.25) is 0 Å². The van der Waals surface area contributed by atoms with Gasteiger partial charge in [0.15, 0.2) is 11.5 Å². The number of nitrogens with zero attached hydrogens (tertiary/aromatic N) is 2. The zero-order chi connectivity index (χ0) is 15.9. The summed E-state index contributed by atoms with van der Waals surface area (Å²) in [5.41, 5.74) is 2.25. The van der Waals surface area contributed by atoms with E-state index in [1.807, 2.05) is 30.5 Å². The zero-order valence-corrected chi connectivity index (χ0v) is 13.6. The fourth-order valence-corrected chi connectivity index (χ4v) is 2.31. The number of nitrogens with one attached hydrogen (secondary N) is 1. The molecule has 1 heterocycles. The van der Waals surface area contributed by atoms with E-state index in [0.29, 0.717) is 6.54 Å². The Morgan fingerprint density at radius 2 is 1.95 bits per heavy atom. The van der Waals surface area contributed by atoms with E-state index in [9.17, 15) is 0 Å². The molecule has 0 spiro atoms. The van der Waals surface area contributed by atoms with Crippen LogP contribution < -0.4 is 14.8 Å². The zero-order valence-electron chi connectivity index (χ0n) is 13.6. The Morgan fingerprint density at radius 1 is 1.14 bits per heavy atom. The summed E-state index contributed by atoms with van der Waals surface area (Å²) in [5, 5.41) is 3.34. The first-order chi connectivity index (χ1) is 10.6. The average Bonchev–Trinajstić information content (AvgIpc) is 2.52. The second-order valence-electron chi connectivity index (χ2n) is 5.29. The molecule has 5 nitrogen and oxygen atoms in total. The van der Waals surface area contributed by atoms with Gasteiger partial charge in [0.2, 0.25) is 0 Å². The van der Waals surface area contributed by atoms with Crippen LogP contribution >= 0.6 is 0 Å². The van der Waals surface area contributed by atoms with Crippen LogP contribution in [0.4, 0.5) is 5.82 Å². The van der Waals surface area contributed by atoms with Gasteiger partial charge >= 0.3 is 0 Å². The molecule has 0 amide bonds. The number of rotatable bonds is 7. The fourth-order valence-electron chi connectivity index (χ4n) is 2.31. The lowest BCUT2D eigenvalue weighted by molar-refractivity contribution is 0.352. The molecular formula is C17H23N3O2. The van der Waals surface area contributed by atoms with Crippen LogP contribution in [0.15, 0.2) is 36.5 Å². The van der Waals surface area contributed by atoms with Crippen molar-refractivity contribution in [3.05, 3.63) is 47.7 Å². The molecule has 0 saturated carbocycles. The topological polar surface area (TPSA) is 46.6 Å². The molecule has 0 saturated heterocycles. The SMILES string of the molecule is COc1cccc(CNc2cc(CN(C)C)ccn2)c1OC. The summed E-state index contributed by atoms with van der Waals surface area (Å²) in [6, 6.07) is 9.94. The van der Waals surface area contributed by atoms with Crippen LogP contribution in [0.3, 0.4) is 0 Å². The van der Waals surface area contributed by atoms with Crippen molar-refractivity contribution < 1.29 is 9.47 Å². The summed E-state index contributed by atoms with van der Waals surface area (Å²) in [7, 11) is 7.39. The van der Waals surface area contributed by atoms with Crippen molar-refractivity contribution in [2.24, 2.45) is 0 Å². The van der Waals surface area contributed by atoms with Crippen LogP contribution in [-0.4, -0.2) is 38.2 Å². The van der Waals surface area contributed by atoms with E-state index in [1.165, 1.54) is 5.56 Å². The van der Waals surface area contributed by atoms with Gasteiger partial charge in [0.1, 0.15) is 5.82 Å². The quantitative estimate of drug-likeness (QED) is 0.852. The molecule has 0 aliphatic rings. The molecule has 0 fully saturated rings.